The summed E-state index contributed by atoms with van der Waals surface area (Å²) >= 11 is 0. The molecule has 1 aliphatic rings. The van der Waals surface area contributed by atoms with Gasteiger partial charge in [-0.1, -0.05) is 0 Å². The van der Waals surface area contributed by atoms with Crippen molar-refractivity contribution in [3.05, 3.63) is 0 Å². The molecule has 0 radical (unpaired) electrons. The number of carbonyl (C=O) groups excluding carboxylic acids is 1. The molecule has 104 valence electrons. The summed E-state index contributed by atoms with van der Waals surface area (Å²) in [7, 11) is 0. The molecule has 1 amide bonds. The van der Waals surface area contributed by atoms with Crippen molar-refractivity contribution in [1.82, 2.24) is 4.90 Å². The minimum Gasteiger partial charge on any atom is -0.480 e. The van der Waals surface area contributed by atoms with Crippen LogP contribution in [0.5, 0.6) is 0 Å². The van der Waals surface area contributed by atoms with E-state index >= 15 is 0 Å². The zero-order valence-electron chi connectivity index (χ0n) is 10.6. The van der Waals surface area contributed by atoms with Crippen molar-refractivity contribution in [3.63, 3.8) is 0 Å². The van der Waals surface area contributed by atoms with Gasteiger partial charge in [0, 0.05) is 25.4 Å². The third-order valence-electron chi connectivity index (χ3n) is 2.90. The molecule has 0 saturated carbocycles. The van der Waals surface area contributed by atoms with Gasteiger partial charge in [0.1, 0.15) is 6.04 Å². The van der Waals surface area contributed by atoms with Crippen LogP contribution in [0.1, 0.15) is 19.3 Å². The molecule has 1 heterocycles. The zero-order chi connectivity index (χ0) is 14.4. The van der Waals surface area contributed by atoms with Crippen LogP contribution >= 0.6 is 0 Å². The van der Waals surface area contributed by atoms with Crippen molar-refractivity contribution in [2.24, 2.45) is 22.4 Å². The number of rotatable bonds is 5. The molecule has 7 heteroatoms. The summed E-state index contributed by atoms with van der Waals surface area (Å²) in [4.78, 5) is 27.5. The van der Waals surface area contributed by atoms with Crippen LogP contribution in [0.4, 0.5) is 0 Å². The first-order chi connectivity index (χ1) is 8.95. The quantitative estimate of drug-likeness (QED) is 0.254. The molecule has 1 fully saturated rings. The summed E-state index contributed by atoms with van der Waals surface area (Å²) in [5.74, 6) is 1.36. The van der Waals surface area contributed by atoms with E-state index in [0.717, 1.165) is 0 Å². The van der Waals surface area contributed by atoms with Crippen LogP contribution in [0.25, 0.3) is 0 Å². The van der Waals surface area contributed by atoms with Crippen LogP contribution in [0, 0.1) is 18.3 Å². The van der Waals surface area contributed by atoms with Crippen molar-refractivity contribution in [3.8, 4) is 12.3 Å². The van der Waals surface area contributed by atoms with Crippen molar-refractivity contribution in [1.29, 1.82) is 0 Å². The Morgan fingerprint density at radius 3 is 2.89 bits per heavy atom. The Bertz CT molecular complexity index is 427. The molecule has 1 aliphatic heterocycles. The highest BCUT2D eigenvalue weighted by Crippen LogP contribution is 2.16. The van der Waals surface area contributed by atoms with Crippen LogP contribution in [-0.4, -0.2) is 47.0 Å². The molecule has 2 atom stereocenters. The number of likely N-dealkylation sites (tertiary alicyclic amines) is 1. The molecule has 0 bridgehead atoms. The predicted octanol–water partition coefficient (Wildman–Crippen LogP) is -1.03. The van der Waals surface area contributed by atoms with E-state index in [0.29, 0.717) is 25.9 Å². The average molecular weight is 266 g/mol. The summed E-state index contributed by atoms with van der Waals surface area (Å²) in [6.45, 7) is 0.719. The summed E-state index contributed by atoms with van der Waals surface area (Å²) < 4.78 is 0. The van der Waals surface area contributed by atoms with Crippen molar-refractivity contribution >= 4 is 17.8 Å². The fourth-order valence-electron chi connectivity index (χ4n) is 1.75. The number of hydrogen-bond donors (Lipinski definition) is 3. The van der Waals surface area contributed by atoms with E-state index in [1.807, 2.05) is 0 Å². The molecular formula is C12H18N4O3. The van der Waals surface area contributed by atoms with Gasteiger partial charge >= 0.3 is 5.97 Å². The van der Waals surface area contributed by atoms with Gasteiger partial charge in [-0.2, -0.15) is 0 Å². The fraction of sp³-hybridized carbons (Fsp3) is 0.583. The van der Waals surface area contributed by atoms with E-state index in [1.165, 1.54) is 4.90 Å². The largest absolute Gasteiger partial charge is 0.480 e. The number of aliphatic imine (C=N–C) groups is 1. The van der Waals surface area contributed by atoms with Gasteiger partial charge in [0.05, 0.1) is 0 Å². The molecular weight excluding hydrogens is 248 g/mol. The van der Waals surface area contributed by atoms with E-state index in [4.69, 9.17) is 23.0 Å². The molecule has 0 aromatic rings. The maximum Gasteiger partial charge on any atom is 0.320 e. The van der Waals surface area contributed by atoms with Gasteiger partial charge in [0.25, 0.3) is 0 Å². The van der Waals surface area contributed by atoms with E-state index in [2.05, 4.69) is 10.9 Å². The molecule has 1 saturated heterocycles. The Hall–Kier alpha value is -2.07. The number of amides is 1. The maximum absolute atomic E-state index is 11.6. The Morgan fingerprint density at radius 2 is 2.37 bits per heavy atom. The number of carbonyl (C=O) groups is 2. The van der Waals surface area contributed by atoms with Crippen LogP contribution in [0.3, 0.4) is 0 Å². The number of nitrogens with zero attached hydrogens (tertiary/aromatic N) is 2. The van der Waals surface area contributed by atoms with Gasteiger partial charge in [-0.25, -0.2) is 0 Å². The normalized spacial score (nSPS) is 21.3. The number of terminal acetylenes is 1. The van der Waals surface area contributed by atoms with E-state index in [-0.39, 0.29) is 24.2 Å². The van der Waals surface area contributed by atoms with Gasteiger partial charge in [0.2, 0.25) is 5.91 Å². The lowest BCUT2D eigenvalue weighted by molar-refractivity contribution is -0.138. The van der Waals surface area contributed by atoms with Crippen molar-refractivity contribution in [2.45, 2.75) is 25.3 Å². The highest BCUT2D eigenvalue weighted by atomic mass is 16.4. The van der Waals surface area contributed by atoms with Crippen LogP contribution in [0.2, 0.25) is 0 Å². The molecule has 1 rings (SSSR count). The van der Waals surface area contributed by atoms with Gasteiger partial charge in [-0.15, -0.1) is 12.3 Å². The zero-order valence-corrected chi connectivity index (χ0v) is 10.6. The Kier molecular flexibility index (Phi) is 5.33. The second-order valence-electron chi connectivity index (χ2n) is 4.40. The standard InChI is InChI=1S/C12H18N4O3/c1-2-8-6-10(17)16(7-8)12(14)15-5-3-4-9(13)11(18)19/h1,8-9H,3-7,13H2,(H2,14,15)(H,18,19). The fourth-order valence-corrected chi connectivity index (χ4v) is 1.75. The molecule has 5 N–H and O–H groups in total. The van der Waals surface area contributed by atoms with Crippen LogP contribution < -0.4 is 11.5 Å². The van der Waals surface area contributed by atoms with Gasteiger partial charge in [-0.3, -0.25) is 19.5 Å². The number of carboxylic acid groups (broad SMARTS) is 1. The molecule has 0 aromatic carbocycles. The number of carboxylic acids is 1. The van der Waals surface area contributed by atoms with Gasteiger partial charge in [0.15, 0.2) is 5.96 Å². The van der Waals surface area contributed by atoms with E-state index in [9.17, 15) is 9.59 Å². The van der Waals surface area contributed by atoms with E-state index < -0.39 is 12.0 Å². The lowest BCUT2D eigenvalue weighted by atomic mass is 10.1. The van der Waals surface area contributed by atoms with Crippen molar-refractivity contribution < 1.29 is 14.7 Å². The maximum atomic E-state index is 11.6. The number of guanidine groups is 1. The first-order valence-electron chi connectivity index (χ1n) is 6.00. The summed E-state index contributed by atoms with van der Waals surface area (Å²) in [5, 5.41) is 8.60. The second-order valence-corrected chi connectivity index (χ2v) is 4.40. The van der Waals surface area contributed by atoms with Gasteiger partial charge in [-0.05, 0) is 12.8 Å². The Balaban J connectivity index is 2.39. The lowest BCUT2D eigenvalue weighted by Gasteiger charge is -2.14. The summed E-state index contributed by atoms with van der Waals surface area (Å²) in [5.41, 5.74) is 11.0. The third kappa shape index (κ3) is 4.26. The van der Waals surface area contributed by atoms with Crippen molar-refractivity contribution in [2.75, 3.05) is 13.1 Å². The summed E-state index contributed by atoms with van der Waals surface area (Å²) in [6.07, 6.45) is 6.36. The number of hydrogen-bond acceptors (Lipinski definition) is 4. The highest BCUT2D eigenvalue weighted by molar-refractivity contribution is 5.98. The predicted molar refractivity (Wildman–Crippen MR) is 70.0 cm³/mol. The molecule has 0 spiro atoms. The summed E-state index contributed by atoms with van der Waals surface area (Å²) in [6, 6.07) is -0.893. The molecule has 19 heavy (non-hydrogen) atoms. The van der Waals surface area contributed by atoms with E-state index in [1.54, 1.807) is 0 Å². The first kappa shape index (κ1) is 15.0. The Morgan fingerprint density at radius 1 is 1.68 bits per heavy atom. The number of nitrogens with two attached hydrogens (primary N) is 2. The molecule has 0 aliphatic carbocycles. The highest BCUT2D eigenvalue weighted by Gasteiger charge is 2.30. The SMILES string of the molecule is C#CC1CC(=O)N(C(N)=NCCCC(N)C(=O)O)C1. The topological polar surface area (TPSA) is 122 Å². The molecule has 0 aromatic heterocycles. The molecule has 2 unspecified atom stereocenters. The lowest BCUT2D eigenvalue weighted by Crippen LogP contribution is -2.38. The first-order valence-corrected chi connectivity index (χ1v) is 6.00. The Labute approximate surface area is 111 Å². The minimum atomic E-state index is -1.04. The monoisotopic (exact) mass is 266 g/mol. The average Bonchev–Trinajstić information content (AvgIpc) is 2.75. The van der Waals surface area contributed by atoms with Crippen LogP contribution in [0.15, 0.2) is 4.99 Å². The third-order valence-corrected chi connectivity index (χ3v) is 2.90. The second kappa shape index (κ2) is 6.75. The smallest absolute Gasteiger partial charge is 0.320 e. The van der Waals surface area contributed by atoms with Crippen LogP contribution in [-0.2, 0) is 9.59 Å². The number of aliphatic carboxylic acids is 1. The molecule has 7 nitrogen and oxygen atoms in total. The van der Waals surface area contributed by atoms with Gasteiger partial charge < -0.3 is 16.6 Å². The minimum absolute atomic E-state index is 0.123.